The minimum atomic E-state index is -0.707. The van der Waals surface area contributed by atoms with Crippen LogP contribution in [0.25, 0.3) is 0 Å². The Morgan fingerprint density at radius 1 is 1.44 bits per heavy atom. The van der Waals surface area contributed by atoms with Gasteiger partial charge in [0.15, 0.2) is 0 Å². The molecule has 1 aromatic rings. The van der Waals surface area contributed by atoms with Gasteiger partial charge in [0.2, 0.25) is 0 Å². The Labute approximate surface area is 99.7 Å². The molecule has 1 aliphatic heterocycles. The van der Waals surface area contributed by atoms with Crippen molar-refractivity contribution in [3.8, 4) is 0 Å². The second kappa shape index (κ2) is 5.46. The molecule has 0 spiro atoms. The fraction of sp³-hybridized carbons (Fsp3) is 0.583. The van der Waals surface area contributed by atoms with Gasteiger partial charge < -0.3 is 5.11 Å². The summed E-state index contributed by atoms with van der Waals surface area (Å²) in [5.74, 6) is -0.707. The van der Waals surface area contributed by atoms with Gasteiger partial charge in [0.1, 0.15) is 0 Å². The van der Waals surface area contributed by atoms with Crippen LogP contribution in [-0.2, 0) is 4.79 Å². The molecular formula is C12H17NO2S. The molecule has 1 aromatic heterocycles. The van der Waals surface area contributed by atoms with Crippen molar-refractivity contribution < 1.29 is 9.90 Å². The van der Waals surface area contributed by atoms with Crippen molar-refractivity contribution in [3.63, 3.8) is 0 Å². The molecule has 0 aromatic carbocycles. The van der Waals surface area contributed by atoms with Crippen molar-refractivity contribution in [1.29, 1.82) is 0 Å². The first-order chi connectivity index (χ1) is 7.77. The van der Waals surface area contributed by atoms with E-state index in [1.54, 1.807) is 11.3 Å². The highest BCUT2D eigenvalue weighted by atomic mass is 32.1. The topological polar surface area (TPSA) is 40.5 Å². The Hall–Kier alpha value is -0.870. The summed E-state index contributed by atoms with van der Waals surface area (Å²) >= 11 is 1.64. The fourth-order valence-corrected chi connectivity index (χ4v) is 3.02. The molecule has 1 atom stereocenters. The molecule has 4 heteroatoms. The Morgan fingerprint density at radius 2 is 2.19 bits per heavy atom. The maximum Gasteiger partial charge on any atom is 0.305 e. The summed E-state index contributed by atoms with van der Waals surface area (Å²) in [6.07, 6.45) is 3.89. The van der Waals surface area contributed by atoms with Crippen LogP contribution in [0.4, 0.5) is 0 Å². The molecule has 16 heavy (non-hydrogen) atoms. The summed E-state index contributed by atoms with van der Waals surface area (Å²) in [6.45, 7) is 2.07. The first-order valence-electron chi connectivity index (χ1n) is 5.75. The van der Waals surface area contributed by atoms with Gasteiger partial charge in [-0.05, 0) is 48.3 Å². The highest BCUT2D eigenvalue weighted by Gasteiger charge is 2.24. The number of aliphatic carboxylic acids is 1. The Morgan fingerprint density at radius 3 is 2.75 bits per heavy atom. The molecule has 0 amide bonds. The minimum absolute atomic E-state index is 0.0732. The van der Waals surface area contributed by atoms with Crippen LogP contribution >= 0.6 is 11.3 Å². The van der Waals surface area contributed by atoms with Crippen LogP contribution in [0, 0.1) is 0 Å². The van der Waals surface area contributed by atoms with Crippen molar-refractivity contribution in [1.82, 2.24) is 4.90 Å². The van der Waals surface area contributed by atoms with Gasteiger partial charge in [0, 0.05) is 6.04 Å². The maximum atomic E-state index is 10.9. The lowest BCUT2D eigenvalue weighted by Gasteiger charge is -2.33. The van der Waals surface area contributed by atoms with Gasteiger partial charge in [-0.2, -0.15) is 11.3 Å². The van der Waals surface area contributed by atoms with E-state index < -0.39 is 5.97 Å². The van der Waals surface area contributed by atoms with Gasteiger partial charge in [-0.1, -0.05) is 6.42 Å². The predicted molar refractivity (Wildman–Crippen MR) is 64.7 cm³/mol. The number of hydrogen-bond donors (Lipinski definition) is 1. The Kier molecular flexibility index (Phi) is 3.96. The molecule has 0 saturated carbocycles. The van der Waals surface area contributed by atoms with Crippen molar-refractivity contribution in [2.75, 3.05) is 13.1 Å². The third kappa shape index (κ3) is 2.83. The fourth-order valence-electron chi connectivity index (χ4n) is 2.32. The van der Waals surface area contributed by atoms with Gasteiger partial charge >= 0.3 is 5.97 Å². The second-order valence-corrected chi connectivity index (χ2v) is 5.05. The number of likely N-dealkylation sites (tertiary alicyclic amines) is 1. The first-order valence-corrected chi connectivity index (χ1v) is 6.69. The standard InChI is InChI=1S/C12H17NO2S/c14-12(15)8-11(10-4-7-16-9-10)13-5-2-1-3-6-13/h4,7,9,11H,1-3,5-6,8H2,(H,14,15). The van der Waals surface area contributed by atoms with Crippen LogP contribution in [0.15, 0.2) is 16.8 Å². The van der Waals surface area contributed by atoms with E-state index in [0.717, 1.165) is 18.7 Å². The van der Waals surface area contributed by atoms with Crippen molar-refractivity contribution in [2.24, 2.45) is 0 Å². The predicted octanol–water partition coefficient (Wildman–Crippen LogP) is 2.75. The van der Waals surface area contributed by atoms with E-state index in [9.17, 15) is 4.79 Å². The zero-order valence-electron chi connectivity index (χ0n) is 9.26. The molecule has 1 fully saturated rings. The number of piperidine rings is 1. The SMILES string of the molecule is O=C(O)CC(c1ccsc1)N1CCCCC1. The Balaban J connectivity index is 2.10. The molecule has 1 aliphatic rings. The van der Waals surface area contributed by atoms with E-state index in [-0.39, 0.29) is 12.5 Å². The molecule has 0 radical (unpaired) electrons. The van der Waals surface area contributed by atoms with E-state index in [1.165, 1.54) is 19.3 Å². The van der Waals surface area contributed by atoms with Crippen molar-refractivity contribution in [3.05, 3.63) is 22.4 Å². The van der Waals surface area contributed by atoms with Crippen LogP contribution in [-0.4, -0.2) is 29.1 Å². The lowest BCUT2D eigenvalue weighted by Crippen LogP contribution is -2.34. The normalized spacial score (nSPS) is 19.5. The van der Waals surface area contributed by atoms with Crippen molar-refractivity contribution >= 4 is 17.3 Å². The van der Waals surface area contributed by atoms with E-state index in [4.69, 9.17) is 5.11 Å². The lowest BCUT2D eigenvalue weighted by molar-refractivity contribution is -0.138. The number of nitrogens with zero attached hydrogens (tertiary/aromatic N) is 1. The average Bonchev–Trinajstić information content (AvgIpc) is 2.80. The molecule has 1 N–H and O–H groups in total. The largest absolute Gasteiger partial charge is 0.481 e. The molecule has 1 unspecified atom stereocenters. The Bertz CT molecular complexity index is 331. The zero-order valence-corrected chi connectivity index (χ0v) is 10.1. The summed E-state index contributed by atoms with van der Waals surface area (Å²) in [5, 5.41) is 13.1. The van der Waals surface area contributed by atoms with E-state index in [1.807, 2.05) is 11.4 Å². The first kappa shape index (κ1) is 11.6. The van der Waals surface area contributed by atoms with Gasteiger partial charge in [-0.3, -0.25) is 9.69 Å². The summed E-state index contributed by atoms with van der Waals surface area (Å²) in [5.41, 5.74) is 1.16. The van der Waals surface area contributed by atoms with E-state index in [2.05, 4.69) is 10.3 Å². The van der Waals surface area contributed by atoms with Crippen molar-refractivity contribution in [2.45, 2.75) is 31.7 Å². The van der Waals surface area contributed by atoms with Crippen LogP contribution in [0.5, 0.6) is 0 Å². The molecule has 2 rings (SSSR count). The molecule has 2 heterocycles. The van der Waals surface area contributed by atoms with E-state index >= 15 is 0 Å². The summed E-state index contributed by atoms with van der Waals surface area (Å²) in [7, 11) is 0. The van der Waals surface area contributed by atoms with Crippen LogP contribution in [0.1, 0.15) is 37.3 Å². The number of rotatable bonds is 4. The third-order valence-corrected chi connectivity index (χ3v) is 3.83. The lowest BCUT2D eigenvalue weighted by atomic mass is 10.0. The van der Waals surface area contributed by atoms with Crippen LogP contribution in [0.2, 0.25) is 0 Å². The quantitative estimate of drug-likeness (QED) is 0.878. The smallest absolute Gasteiger partial charge is 0.305 e. The summed E-state index contributed by atoms with van der Waals surface area (Å²) in [6, 6.07) is 2.12. The monoisotopic (exact) mass is 239 g/mol. The molecule has 3 nitrogen and oxygen atoms in total. The van der Waals surface area contributed by atoms with Gasteiger partial charge in [0.05, 0.1) is 6.42 Å². The van der Waals surface area contributed by atoms with Gasteiger partial charge in [0.25, 0.3) is 0 Å². The second-order valence-electron chi connectivity index (χ2n) is 4.27. The highest BCUT2D eigenvalue weighted by Crippen LogP contribution is 2.28. The molecule has 0 bridgehead atoms. The summed E-state index contributed by atoms with van der Waals surface area (Å²) < 4.78 is 0. The number of thiophene rings is 1. The van der Waals surface area contributed by atoms with Gasteiger partial charge in [-0.15, -0.1) is 0 Å². The number of carboxylic acids is 1. The third-order valence-electron chi connectivity index (χ3n) is 3.13. The number of hydrogen-bond acceptors (Lipinski definition) is 3. The zero-order chi connectivity index (χ0) is 11.4. The van der Waals surface area contributed by atoms with E-state index in [0.29, 0.717) is 0 Å². The van der Waals surface area contributed by atoms with Crippen LogP contribution < -0.4 is 0 Å². The maximum absolute atomic E-state index is 10.9. The molecule has 88 valence electrons. The highest BCUT2D eigenvalue weighted by molar-refractivity contribution is 7.07. The van der Waals surface area contributed by atoms with Gasteiger partial charge in [-0.25, -0.2) is 0 Å². The molecule has 0 aliphatic carbocycles. The summed E-state index contributed by atoms with van der Waals surface area (Å²) in [4.78, 5) is 13.2. The number of carbonyl (C=O) groups is 1. The molecular weight excluding hydrogens is 222 g/mol. The minimum Gasteiger partial charge on any atom is -0.481 e. The number of carboxylic acid groups (broad SMARTS) is 1. The average molecular weight is 239 g/mol. The molecule has 1 saturated heterocycles. The van der Waals surface area contributed by atoms with Crippen LogP contribution in [0.3, 0.4) is 0 Å².